The van der Waals surface area contributed by atoms with E-state index in [2.05, 4.69) is 38.1 Å². The Morgan fingerprint density at radius 1 is 0.880 bits per heavy atom. The van der Waals surface area contributed by atoms with E-state index in [1.807, 2.05) is 34.9 Å². The van der Waals surface area contributed by atoms with Crippen molar-refractivity contribution in [3.8, 4) is 5.82 Å². The Bertz CT molecular complexity index is 1080. The Morgan fingerprint density at radius 2 is 1.68 bits per heavy atom. The van der Waals surface area contributed by atoms with Crippen LogP contribution in [0.1, 0.15) is 5.56 Å². The lowest BCUT2D eigenvalue weighted by atomic mass is 10.2. The van der Waals surface area contributed by atoms with Gasteiger partial charge >= 0.3 is 0 Å². The highest BCUT2D eigenvalue weighted by atomic mass is 15.2. The summed E-state index contributed by atoms with van der Waals surface area (Å²) in [7, 11) is 0. The number of nitrogens with zero attached hydrogens (tertiary/aromatic N) is 5. The molecular weight excluding hydrogens is 312 g/mol. The van der Waals surface area contributed by atoms with Gasteiger partial charge in [-0.25, -0.2) is 15.0 Å². The van der Waals surface area contributed by atoms with E-state index >= 15 is 0 Å². The number of benzene rings is 2. The summed E-state index contributed by atoms with van der Waals surface area (Å²) in [4.78, 5) is 15.5. The van der Waals surface area contributed by atoms with Gasteiger partial charge in [0.1, 0.15) is 18.3 Å². The molecule has 0 saturated heterocycles. The number of rotatable bonds is 2. The average Bonchev–Trinajstić information content (AvgIpc) is 3.26. The summed E-state index contributed by atoms with van der Waals surface area (Å²) in [6, 6.07) is 16.3. The Morgan fingerprint density at radius 3 is 2.64 bits per heavy atom. The Labute approximate surface area is 144 Å². The number of imidazole rings is 1. The van der Waals surface area contributed by atoms with E-state index in [0.717, 1.165) is 35.5 Å². The first-order valence-electron chi connectivity index (χ1n) is 8.21. The smallest absolute Gasteiger partial charge is 0.167 e. The fourth-order valence-corrected chi connectivity index (χ4v) is 3.47. The summed E-state index contributed by atoms with van der Waals surface area (Å²) in [6.45, 7) is 0.866. The van der Waals surface area contributed by atoms with Crippen molar-refractivity contribution in [2.24, 2.45) is 0 Å². The van der Waals surface area contributed by atoms with Gasteiger partial charge in [0.05, 0.1) is 11.0 Å². The van der Waals surface area contributed by atoms with Crippen LogP contribution in [-0.4, -0.2) is 26.1 Å². The van der Waals surface area contributed by atoms with Crippen molar-refractivity contribution < 1.29 is 0 Å². The van der Waals surface area contributed by atoms with Crippen LogP contribution in [0.2, 0.25) is 0 Å². The topological polar surface area (TPSA) is 72.9 Å². The number of para-hydroxylation sites is 3. The number of aromatic nitrogens is 4. The second kappa shape index (κ2) is 5.31. The first-order valence-corrected chi connectivity index (χ1v) is 8.21. The summed E-state index contributed by atoms with van der Waals surface area (Å²) >= 11 is 0. The zero-order valence-corrected chi connectivity index (χ0v) is 13.5. The predicted molar refractivity (Wildman–Crippen MR) is 98.2 cm³/mol. The van der Waals surface area contributed by atoms with Gasteiger partial charge < -0.3 is 10.6 Å². The molecule has 4 aromatic rings. The first-order chi connectivity index (χ1) is 12.3. The lowest BCUT2D eigenvalue weighted by Crippen LogP contribution is -2.18. The highest BCUT2D eigenvalue weighted by molar-refractivity contribution is 5.82. The largest absolute Gasteiger partial charge is 0.393 e. The van der Waals surface area contributed by atoms with E-state index in [4.69, 9.17) is 5.73 Å². The maximum atomic E-state index is 6.49. The lowest BCUT2D eigenvalue weighted by Gasteiger charge is -2.21. The van der Waals surface area contributed by atoms with Gasteiger partial charge in [0.25, 0.3) is 0 Å². The monoisotopic (exact) mass is 328 g/mol. The normalized spacial score (nSPS) is 13.4. The summed E-state index contributed by atoms with van der Waals surface area (Å²) < 4.78 is 1.91. The van der Waals surface area contributed by atoms with Crippen LogP contribution in [0.5, 0.6) is 0 Å². The maximum absolute atomic E-state index is 6.49. The predicted octanol–water partition coefficient (Wildman–Crippen LogP) is 3.09. The average molecular weight is 328 g/mol. The molecule has 25 heavy (non-hydrogen) atoms. The fraction of sp³-hybridized carbons (Fsp3) is 0.105. The molecular formula is C19H16N6. The van der Waals surface area contributed by atoms with Crippen molar-refractivity contribution in [3.63, 3.8) is 0 Å². The fourth-order valence-electron chi connectivity index (χ4n) is 3.47. The third kappa shape index (κ3) is 2.07. The van der Waals surface area contributed by atoms with Gasteiger partial charge in [-0.3, -0.25) is 4.57 Å². The van der Waals surface area contributed by atoms with Crippen molar-refractivity contribution >= 4 is 28.2 Å². The molecule has 1 aliphatic rings. The molecule has 0 radical (unpaired) electrons. The van der Waals surface area contributed by atoms with E-state index in [-0.39, 0.29) is 0 Å². The van der Waals surface area contributed by atoms with E-state index in [1.54, 1.807) is 12.7 Å². The lowest BCUT2D eigenvalue weighted by molar-refractivity contribution is 0.945. The van der Waals surface area contributed by atoms with Crippen molar-refractivity contribution in [1.82, 2.24) is 19.5 Å². The first kappa shape index (κ1) is 14.0. The number of anilines is 3. The molecule has 0 unspecified atom stereocenters. The van der Waals surface area contributed by atoms with Crippen molar-refractivity contribution in [2.75, 3.05) is 17.2 Å². The van der Waals surface area contributed by atoms with Crippen LogP contribution in [0.3, 0.4) is 0 Å². The molecule has 0 bridgehead atoms. The molecule has 0 atom stereocenters. The van der Waals surface area contributed by atoms with Crippen LogP contribution < -0.4 is 10.6 Å². The minimum absolute atomic E-state index is 0.558. The molecule has 5 rings (SSSR count). The van der Waals surface area contributed by atoms with Gasteiger partial charge in [-0.1, -0.05) is 30.3 Å². The van der Waals surface area contributed by atoms with Crippen LogP contribution >= 0.6 is 0 Å². The molecule has 0 saturated carbocycles. The van der Waals surface area contributed by atoms with Crippen LogP contribution in [0, 0.1) is 0 Å². The van der Waals surface area contributed by atoms with E-state index < -0.39 is 0 Å². The van der Waals surface area contributed by atoms with Crippen molar-refractivity contribution in [1.29, 1.82) is 0 Å². The zero-order valence-electron chi connectivity index (χ0n) is 13.5. The quantitative estimate of drug-likeness (QED) is 0.612. The van der Waals surface area contributed by atoms with E-state index in [0.29, 0.717) is 11.5 Å². The molecule has 6 nitrogen and oxygen atoms in total. The third-order valence-corrected chi connectivity index (χ3v) is 4.67. The van der Waals surface area contributed by atoms with E-state index in [9.17, 15) is 0 Å². The second-order valence-corrected chi connectivity index (χ2v) is 6.07. The maximum Gasteiger partial charge on any atom is 0.167 e. The molecule has 6 heteroatoms. The van der Waals surface area contributed by atoms with E-state index in [1.165, 1.54) is 5.56 Å². The molecule has 0 fully saturated rings. The molecule has 2 aromatic heterocycles. The summed E-state index contributed by atoms with van der Waals surface area (Å²) in [5.74, 6) is 1.40. The number of hydrogen-bond acceptors (Lipinski definition) is 5. The molecule has 1 aliphatic heterocycles. The molecule has 3 heterocycles. The van der Waals surface area contributed by atoms with Crippen molar-refractivity contribution in [2.45, 2.75) is 6.42 Å². The minimum atomic E-state index is 0.558. The third-order valence-electron chi connectivity index (χ3n) is 4.67. The van der Waals surface area contributed by atoms with Gasteiger partial charge in [0, 0.05) is 12.2 Å². The van der Waals surface area contributed by atoms with Crippen LogP contribution in [0.15, 0.2) is 61.2 Å². The van der Waals surface area contributed by atoms with Crippen LogP contribution in [0.25, 0.3) is 16.9 Å². The summed E-state index contributed by atoms with van der Waals surface area (Å²) in [5.41, 5.74) is 11.4. The minimum Gasteiger partial charge on any atom is -0.393 e. The number of nitrogen functional groups attached to an aromatic ring is 1. The Balaban J connectivity index is 1.66. The van der Waals surface area contributed by atoms with Crippen molar-refractivity contribution in [3.05, 3.63) is 66.7 Å². The molecule has 2 aromatic carbocycles. The van der Waals surface area contributed by atoms with Crippen LogP contribution in [0.4, 0.5) is 17.2 Å². The Kier molecular flexibility index (Phi) is 2.97. The van der Waals surface area contributed by atoms with Crippen LogP contribution in [-0.2, 0) is 6.42 Å². The SMILES string of the molecule is Nc1c(N2CCc3ccccc32)ncnc1-n1cnc2ccccc21. The highest BCUT2D eigenvalue weighted by Crippen LogP contribution is 2.37. The van der Waals surface area contributed by atoms with Gasteiger partial charge in [-0.2, -0.15) is 0 Å². The number of nitrogens with two attached hydrogens (primary N) is 1. The van der Waals surface area contributed by atoms with Gasteiger partial charge in [-0.15, -0.1) is 0 Å². The van der Waals surface area contributed by atoms with Gasteiger partial charge in [-0.05, 0) is 30.2 Å². The molecule has 2 N–H and O–H groups in total. The molecule has 122 valence electrons. The summed E-state index contributed by atoms with van der Waals surface area (Å²) in [5, 5.41) is 0. The highest BCUT2D eigenvalue weighted by Gasteiger charge is 2.24. The summed E-state index contributed by atoms with van der Waals surface area (Å²) in [6.07, 6.45) is 4.31. The number of hydrogen-bond donors (Lipinski definition) is 1. The van der Waals surface area contributed by atoms with Gasteiger partial charge in [0.15, 0.2) is 11.6 Å². The molecule has 0 spiro atoms. The second-order valence-electron chi connectivity index (χ2n) is 6.07. The number of fused-ring (bicyclic) bond motifs is 2. The Hall–Kier alpha value is -3.41. The van der Waals surface area contributed by atoms with Gasteiger partial charge in [0.2, 0.25) is 0 Å². The standard InChI is InChI=1S/C19H16N6/c20-17-18(24-10-9-13-5-1-3-7-15(13)24)21-11-22-19(17)25-12-23-14-6-2-4-8-16(14)25/h1-8,11-12H,9-10,20H2. The zero-order chi connectivity index (χ0) is 16.8. The molecule has 0 aliphatic carbocycles. The molecule has 0 amide bonds.